The Labute approximate surface area is 192 Å². The van der Waals surface area contributed by atoms with Gasteiger partial charge in [0.05, 0.1) is 30.5 Å². The van der Waals surface area contributed by atoms with Gasteiger partial charge in [-0.1, -0.05) is 31.2 Å². The Hall–Kier alpha value is -2.74. The largest absolute Gasteiger partial charge is 0.373 e. The number of hydrogen-bond donors (Lipinski definition) is 1. The number of benzene rings is 1. The molecule has 8 heteroatoms. The van der Waals surface area contributed by atoms with Crippen molar-refractivity contribution in [2.45, 2.75) is 71.2 Å². The zero-order valence-electron chi connectivity index (χ0n) is 19.4. The first kappa shape index (κ1) is 23.4. The molecule has 2 aromatic rings. The fourth-order valence-electron chi connectivity index (χ4n) is 4.75. The zero-order chi connectivity index (χ0) is 23.8. The second kappa shape index (κ2) is 9.25. The minimum absolute atomic E-state index is 0.0506. The third-order valence-corrected chi connectivity index (χ3v) is 6.72. The van der Waals surface area contributed by atoms with Crippen molar-refractivity contribution in [1.29, 1.82) is 0 Å². The van der Waals surface area contributed by atoms with Gasteiger partial charge in [0.15, 0.2) is 0 Å². The molecule has 1 N–H and O–H groups in total. The van der Waals surface area contributed by atoms with Crippen LogP contribution in [0, 0.1) is 0 Å². The van der Waals surface area contributed by atoms with Gasteiger partial charge in [-0.05, 0) is 37.8 Å². The molecule has 2 aliphatic heterocycles. The molecule has 33 heavy (non-hydrogen) atoms. The fourth-order valence-corrected chi connectivity index (χ4v) is 4.75. The topological polar surface area (TPSA) is 63.6 Å². The highest BCUT2D eigenvalue weighted by Gasteiger charge is 2.32. The molecule has 1 aromatic carbocycles. The number of aromatic nitrogens is 1. The summed E-state index contributed by atoms with van der Waals surface area (Å²) in [7, 11) is 0. The fraction of sp³-hybridized carbons (Fsp3) is 0.520. The molecule has 3 heterocycles. The van der Waals surface area contributed by atoms with Crippen LogP contribution in [0.4, 0.5) is 8.78 Å². The van der Waals surface area contributed by atoms with E-state index in [1.165, 1.54) is 12.1 Å². The van der Waals surface area contributed by atoms with Gasteiger partial charge in [-0.2, -0.15) is 0 Å². The number of amides is 2. The van der Waals surface area contributed by atoms with Crippen LogP contribution in [-0.4, -0.2) is 40.5 Å². The van der Waals surface area contributed by atoms with E-state index in [9.17, 15) is 18.4 Å². The highest BCUT2D eigenvalue weighted by Crippen LogP contribution is 2.29. The second-order valence-corrected chi connectivity index (χ2v) is 9.03. The van der Waals surface area contributed by atoms with Crippen molar-refractivity contribution in [3.63, 3.8) is 0 Å². The van der Waals surface area contributed by atoms with E-state index < -0.39 is 5.92 Å². The molecule has 1 aromatic heterocycles. The first-order chi connectivity index (χ1) is 15.7. The van der Waals surface area contributed by atoms with E-state index in [0.717, 1.165) is 31.9 Å². The average Bonchev–Trinajstić information content (AvgIpc) is 3.40. The standard InChI is InChI=1S/C25H31F2N3O3/c1-4-20(17-7-9-18(10-8-17)25(3,26)27)28-23(31)19-14-21(30-12-13-33-15-22(19)30)24(32)29-11-5-6-16(29)2/h7-10,14,16,20H,4-6,11-13,15H2,1-3H3,(H,28,31)/t16-,20?/m0/s1. The van der Waals surface area contributed by atoms with Crippen LogP contribution in [0.3, 0.4) is 0 Å². The smallest absolute Gasteiger partial charge is 0.270 e. The first-order valence-electron chi connectivity index (χ1n) is 11.6. The summed E-state index contributed by atoms with van der Waals surface area (Å²) < 4.78 is 34.6. The van der Waals surface area contributed by atoms with Crippen molar-refractivity contribution in [2.24, 2.45) is 0 Å². The van der Waals surface area contributed by atoms with E-state index in [4.69, 9.17) is 4.74 Å². The summed E-state index contributed by atoms with van der Waals surface area (Å²) in [6, 6.07) is 7.57. The summed E-state index contributed by atoms with van der Waals surface area (Å²) in [5.41, 5.74) is 2.34. The number of carbonyl (C=O) groups excluding carboxylic acids is 2. The van der Waals surface area contributed by atoms with E-state index in [1.54, 1.807) is 18.2 Å². The summed E-state index contributed by atoms with van der Waals surface area (Å²) in [6.07, 6.45) is 2.56. The Morgan fingerprint density at radius 3 is 2.58 bits per heavy atom. The number of rotatable bonds is 6. The summed E-state index contributed by atoms with van der Waals surface area (Å²) >= 11 is 0. The summed E-state index contributed by atoms with van der Waals surface area (Å²) in [5.74, 6) is -3.26. The molecular weight excluding hydrogens is 428 g/mol. The lowest BCUT2D eigenvalue weighted by molar-refractivity contribution is 0.0174. The van der Waals surface area contributed by atoms with Crippen LogP contribution in [0.1, 0.15) is 83.7 Å². The minimum atomic E-state index is -2.91. The quantitative estimate of drug-likeness (QED) is 0.685. The average molecular weight is 460 g/mol. The van der Waals surface area contributed by atoms with Gasteiger partial charge in [0.2, 0.25) is 0 Å². The predicted molar refractivity (Wildman–Crippen MR) is 120 cm³/mol. The molecule has 1 unspecified atom stereocenters. The van der Waals surface area contributed by atoms with E-state index in [-0.39, 0.29) is 36.1 Å². The number of nitrogens with one attached hydrogen (secondary N) is 1. The number of alkyl halides is 2. The minimum Gasteiger partial charge on any atom is -0.373 e. The molecule has 0 radical (unpaired) electrons. The van der Waals surface area contributed by atoms with Gasteiger partial charge in [0.1, 0.15) is 5.69 Å². The van der Waals surface area contributed by atoms with Crippen LogP contribution in [0.15, 0.2) is 30.3 Å². The van der Waals surface area contributed by atoms with Gasteiger partial charge in [0, 0.05) is 31.6 Å². The normalized spacial score (nSPS) is 19.3. The monoisotopic (exact) mass is 459 g/mol. The predicted octanol–water partition coefficient (Wildman–Crippen LogP) is 4.64. The van der Waals surface area contributed by atoms with E-state index in [2.05, 4.69) is 5.32 Å². The van der Waals surface area contributed by atoms with Crippen molar-refractivity contribution in [3.05, 3.63) is 58.4 Å². The molecule has 0 saturated carbocycles. The number of nitrogens with zero attached hydrogens (tertiary/aromatic N) is 2. The number of carbonyl (C=O) groups is 2. The second-order valence-electron chi connectivity index (χ2n) is 9.03. The SMILES string of the molecule is CCC(NC(=O)c1cc(C(=O)N2CCC[C@@H]2C)n2c1COCC2)c1ccc(C(C)(F)F)cc1. The Kier molecular flexibility index (Phi) is 6.56. The summed E-state index contributed by atoms with van der Waals surface area (Å²) in [4.78, 5) is 28.4. The van der Waals surface area contributed by atoms with Crippen LogP contribution >= 0.6 is 0 Å². The molecule has 2 amide bonds. The lowest BCUT2D eigenvalue weighted by Crippen LogP contribution is -2.35. The van der Waals surface area contributed by atoms with Crippen LogP contribution in [0.2, 0.25) is 0 Å². The van der Waals surface area contributed by atoms with Crippen molar-refractivity contribution in [2.75, 3.05) is 13.2 Å². The molecule has 0 spiro atoms. The van der Waals surface area contributed by atoms with E-state index in [1.807, 2.05) is 23.3 Å². The molecule has 6 nitrogen and oxygen atoms in total. The van der Waals surface area contributed by atoms with Gasteiger partial charge in [-0.15, -0.1) is 0 Å². The third-order valence-electron chi connectivity index (χ3n) is 6.72. The van der Waals surface area contributed by atoms with Gasteiger partial charge < -0.3 is 19.5 Å². The maximum Gasteiger partial charge on any atom is 0.270 e. The molecule has 0 bridgehead atoms. The number of halogens is 2. The lowest BCUT2D eigenvalue weighted by atomic mass is 10.0. The molecular formula is C25H31F2N3O3. The summed E-state index contributed by atoms with van der Waals surface area (Å²) in [5, 5.41) is 3.02. The van der Waals surface area contributed by atoms with Crippen LogP contribution in [-0.2, 0) is 23.8 Å². The van der Waals surface area contributed by atoms with Gasteiger partial charge >= 0.3 is 0 Å². The number of fused-ring (bicyclic) bond motifs is 1. The Morgan fingerprint density at radius 1 is 1.24 bits per heavy atom. The zero-order valence-corrected chi connectivity index (χ0v) is 19.4. The van der Waals surface area contributed by atoms with Crippen molar-refractivity contribution >= 4 is 11.8 Å². The van der Waals surface area contributed by atoms with Gasteiger partial charge in [-0.3, -0.25) is 9.59 Å². The number of ether oxygens (including phenoxy) is 1. The van der Waals surface area contributed by atoms with Crippen LogP contribution < -0.4 is 5.32 Å². The van der Waals surface area contributed by atoms with Gasteiger partial charge in [-0.25, -0.2) is 8.78 Å². The van der Waals surface area contributed by atoms with Crippen molar-refractivity contribution < 1.29 is 23.1 Å². The molecule has 2 aliphatic rings. The third kappa shape index (κ3) is 4.67. The lowest BCUT2D eigenvalue weighted by Gasteiger charge is -2.24. The summed E-state index contributed by atoms with van der Waals surface area (Å²) in [6.45, 7) is 6.84. The van der Waals surface area contributed by atoms with Crippen LogP contribution in [0.25, 0.3) is 0 Å². The molecule has 2 atom stereocenters. The highest BCUT2D eigenvalue weighted by molar-refractivity contribution is 6.01. The maximum absolute atomic E-state index is 13.5. The van der Waals surface area contributed by atoms with E-state index in [0.29, 0.717) is 36.5 Å². The Morgan fingerprint density at radius 2 is 1.97 bits per heavy atom. The molecule has 0 aliphatic carbocycles. The Balaban J connectivity index is 1.58. The highest BCUT2D eigenvalue weighted by atomic mass is 19.3. The van der Waals surface area contributed by atoms with Gasteiger partial charge in [0.25, 0.3) is 17.7 Å². The Bertz CT molecular complexity index is 1030. The molecule has 1 saturated heterocycles. The number of hydrogen-bond acceptors (Lipinski definition) is 3. The van der Waals surface area contributed by atoms with E-state index >= 15 is 0 Å². The van der Waals surface area contributed by atoms with Crippen molar-refractivity contribution in [3.8, 4) is 0 Å². The molecule has 1 fully saturated rings. The van der Waals surface area contributed by atoms with Crippen molar-refractivity contribution in [1.82, 2.24) is 14.8 Å². The molecule has 4 rings (SSSR count). The van der Waals surface area contributed by atoms with Crippen LogP contribution in [0.5, 0.6) is 0 Å². The number of likely N-dealkylation sites (tertiary alicyclic amines) is 1. The maximum atomic E-state index is 13.5. The molecule has 178 valence electrons. The first-order valence-corrected chi connectivity index (χ1v) is 11.6.